The number of carbonyl (C=O) groups is 1. The van der Waals surface area contributed by atoms with Crippen LogP contribution >= 0.6 is 0 Å². The summed E-state index contributed by atoms with van der Waals surface area (Å²) in [6.07, 6.45) is 3.71. The molecule has 0 spiro atoms. The van der Waals surface area contributed by atoms with Crippen LogP contribution < -0.4 is 14.8 Å². The molecule has 1 atom stereocenters. The molecule has 1 aromatic heterocycles. The van der Waals surface area contributed by atoms with Gasteiger partial charge in [-0.05, 0) is 25.0 Å². The SMILES string of the molecule is Cn1cc2c(n1)[C@H](C(=O)NC1CC1)CN(S(=O)(=O)c1ccc3c(c1)OCCO3)C2. The number of benzene rings is 1. The Labute approximate surface area is 168 Å². The van der Waals surface area contributed by atoms with Gasteiger partial charge in [0, 0.05) is 44.0 Å². The molecule has 5 rings (SSSR count). The Morgan fingerprint density at radius 2 is 1.97 bits per heavy atom. The van der Waals surface area contributed by atoms with Crippen molar-refractivity contribution in [3.05, 3.63) is 35.7 Å². The van der Waals surface area contributed by atoms with Crippen molar-refractivity contribution < 1.29 is 22.7 Å². The molecule has 1 N–H and O–H groups in total. The number of aryl methyl sites for hydroxylation is 1. The van der Waals surface area contributed by atoms with E-state index in [1.165, 1.54) is 16.4 Å². The monoisotopic (exact) mass is 418 g/mol. The standard InChI is InChI=1S/C19H22N4O5S/c1-22-9-12-10-23(11-15(18(12)21-22)19(24)20-13-2-3-13)29(25,26)14-4-5-16-17(8-14)28-7-6-27-16/h4-5,8-9,13,15H,2-3,6-7,10-11H2,1H3,(H,20,24)/t15-/m1/s1. The molecule has 1 saturated carbocycles. The maximum atomic E-state index is 13.4. The first kappa shape index (κ1) is 18.4. The number of fused-ring (bicyclic) bond motifs is 2. The highest BCUT2D eigenvalue weighted by molar-refractivity contribution is 7.89. The van der Waals surface area contributed by atoms with Gasteiger partial charge in [-0.3, -0.25) is 9.48 Å². The molecule has 1 aliphatic carbocycles. The number of ether oxygens (including phenoxy) is 2. The molecule has 2 aromatic rings. The number of rotatable bonds is 4. The highest BCUT2D eigenvalue weighted by Crippen LogP contribution is 2.36. The van der Waals surface area contributed by atoms with Crippen molar-refractivity contribution in [1.29, 1.82) is 0 Å². The summed E-state index contributed by atoms with van der Waals surface area (Å²) >= 11 is 0. The minimum Gasteiger partial charge on any atom is -0.486 e. The molecule has 2 aliphatic heterocycles. The van der Waals surface area contributed by atoms with Crippen LogP contribution in [0.4, 0.5) is 0 Å². The Morgan fingerprint density at radius 1 is 1.21 bits per heavy atom. The first-order valence-electron chi connectivity index (χ1n) is 9.64. The molecular formula is C19H22N4O5S. The topological polar surface area (TPSA) is 103 Å². The molecule has 29 heavy (non-hydrogen) atoms. The smallest absolute Gasteiger partial charge is 0.243 e. The van der Waals surface area contributed by atoms with Gasteiger partial charge in [-0.15, -0.1) is 0 Å². The molecule has 1 aromatic carbocycles. The van der Waals surface area contributed by atoms with E-state index < -0.39 is 15.9 Å². The summed E-state index contributed by atoms with van der Waals surface area (Å²) in [7, 11) is -2.06. The number of nitrogens with zero attached hydrogens (tertiary/aromatic N) is 3. The molecule has 0 radical (unpaired) electrons. The van der Waals surface area contributed by atoms with Gasteiger partial charge in [0.15, 0.2) is 11.5 Å². The molecule has 10 heteroatoms. The van der Waals surface area contributed by atoms with Gasteiger partial charge >= 0.3 is 0 Å². The normalized spacial score (nSPS) is 21.5. The summed E-state index contributed by atoms with van der Waals surface area (Å²) < 4.78 is 40.7. The van der Waals surface area contributed by atoms with Crippen LogP contribution in [-0.2, 0) is 28.4 Å². The van der Waals surface area contributed by atoms with E-state index in [-0.39, 0.29) is 29.9 Å². The summed E-state index contributed by atoms with van der Waals surface area (Å²) in [5, 5.41) is 7.41. The fourth-order valence-corrected chi connectivity index (χ4v) is 5.22. The van der Waals surface area contributed by atoms with Crippen molar-refractivity contribution in [2.24, 2.45) is 7.05 Å². The first-order chi connectivity index (χ1) is 13.9. The second kappa shape index (κ2) is 6.74. The third-order valence-electron chi connectivity index (χ3n) is 5.39. The molecule has 154 valence electrons. The fraction of sp³-hybridized carbons (Fsp3) is 0.474. The molecule has 0 bridgehead atoms. The first-order valence-corrected chi connectivity index (χ1v) is 11.1. The second-order valence-electron chi connectivity index (χ2n) is 7.65. The summed E-state index contributed by atoms with van der Waals surface area (Å²) in [6.45, 7) is 1.04. The summed E-state index contributed by atoms with van der Waals surface area (Å²) in [6, 6.07) is 4.81. The number of hydrogen-bond donors (Lipinski definition) is 1. The van der Waals surface area contributed by atoms with Crippen molar-refractivity contribution in [3.63, 3.8) is 0 Å². The quantitative estimate of drug-likeness (QED) is 0.786. The number of hydrogen-bond acceptors (Lipinski definition) is 6. The number of sulfonamides is 1. The molecule has 3 aliphatic rings. The van der Waals surface area contributed by atoms with Crippen LogP contribution in [0.15, 0.2) is 29.3 Å². The maximum Gasteiger partial charge on any atom is 0.243 e. The van der Waals surface area contributed by atoms with E-state index in [0.29, 0.717) is 30.4 Å². The Bertz CT molecular complexity index is 1080. The molecular weight excluding hydrogens is 396 g/mol. The Morgan fingerprint density at radius 3 is 2.72 bits per heavy atom. The number of nitrogens with one attached hydrogen (secondary N) is 1. The van der Waals surface area contributed by atoms with E-state index in [1.54, 1.807) is 24.0 Å². The maximum absolute atomic E-state index is 13.4. The Kier molecular flexibility index (Phi) is 4.28. The summed E-state index contributed by atoms with van der Waals surface area (Å²) in [5.74, 6) is 0.145. The highest BCUT2D eigenvalue weighted by Gasteiger charge is 2.40. The van der Waals surface area contributed by atoms with E-state index in [9.17, 15) is 13.2 Å². The minimum atomic E-state index is -3.83. The fourth-order valence-electron chi connectivity index (χ4n) is 3.77. The van der Waals surface area contributed by atoms with Gasteiger partial charge in [0.2, 0.25) is 15.9 Å². The molecule has 1 fully saturated rings. The van der Waals surface area contributed by atoms with Crippen molar-refractivity contribution >= 4 is 15.9 Å². The third kappa shape index (κ3) is 3.36. The van der Waals surface area contributed by atoms with Gasteiger partial charge in [-0.1, -0.05) is 0 Å². The lowest BCUT2D eigenvalue weighted by atomic mass is 9.97. The van der Waals surface area contributed by atoms with Crippen molar-refractivity contribution in [3.8, 4) is 11.5 Å². The molecule has 3 heterocycles. The van der Waals surface area contributed by atoms with E-state index in [4.69, 9.17) is 9.47 Å². The lowest BCUT2D eigenvalue weighted by Crippen LogP contribution is -2.44. The summed E-state index contributed by atoms with van der Waals surface area (Å²) in [4.78, 5) is 12.9. The van der Waals surface area contributed by atoms with Crippen LogP contribution in [0.2, 0.25) is 0 Å². The van der Waals surface area contributed by atoms with E-state index >= 15 is 0 Å². The van der Waals surface area contributed by atoms with Crippen LogP contribution in [0.1, 0.15) is 30.0 Å². The third-order valence-corrected chi connectivity index (χ3v) is 7.20. The zero-order valence-electron chi connectivity index (χ0n) is 16.0. The van der Waals surface area contributed by atoms with Gasteiger partial charge in [-0.25, -0.2) is 8.42 Å². The van der Waals surface area contributed by atoms with Crippen LogP contribution in [0.25, 0.3) is 0 Å². The predicted molar refractivity (Wildman–Crippen MR) is 102 cm³/mol. The van der Waals surface area contributed by atoms with E-state index in [2.05, 4.69) is 10.4 Å². The number of carbonyl (C=O) groups excluding carboxylic acids is 1. The van der Waals surface area contributed by atoms with E-state index in [0.717, 1.165) is 18.4 Å². The average molecular weight is 418 g/mol. The zero-order valence-corrected chi connectivity index (χ0v) is 16.8. The van der Waals surface area contributed by atoms with E-state index in [1.807, 2.05) is 0 Å². The Hall–Kier alpha value is -2.59. The van der Waals surface area contributed by atoms with Gasteiger partial charge in [0.25, 0.3) is 0 Å². The average Bonchev–Trinajstić information content (AvgIpc) is 3.44. The van der Waals surface area contributed by atoms with Crippen LogP contribution in [0.3, 0.4) is 0 Å². The highest BCUT2D eigenvalue weighted by atomic mass is 32.2. The minimum absolute atomic E-state index is 0.0549. The van der Waals surface area contributed by atoms with Crippen molar-refractivity contribution in [2.75, 3.05) is 19.8 Å². The van der Waals surface area contributed by atoms with Gasteiger partial charge in [0.1, 0.15) is 13.2 Å². The number of amides is 1. The number of aromatic nitrogens is 2. The predicted octanol–water partition coefficient (Wildman–Crippen LogP) is 0.758. The Balaban J connectivity index is 1.47. The second-order valence-corrected chi connectivity index (χ2v) is 9.59. The molecule has 0 unspecified atom stereocenters. The lowest BCUT2D eigenvalue weighted by molar-refractivity contribution is -0.123. The molecule has 9 nitrogen and oxygen atoms in total. The van der Waals surface area contributed by atoms with Crippen molar-refractivity contribution in [2.45, 2.75) is 36.2 Å². The van der Waals surface area contributed by atoms with Crippen LogP contribution in [0.5, 0.6) is 11.5 Å². The zero-order chi connectivity index (χ0) is 20.2. The van der Waals surface area contributed by atoms with Crippen LogP contribution in [0, 0.1) is 0 Å². The largest absolute Gasteiger partial charge is 0.486 e. The van der Waals surface area contributed by atoms with Crippen LogP contribution in [-0.4, -0.2) is 54.2 Å². The lowest BCUT2D eigenvalue weighted by Gasteiger charge is -2.31. The molecule has 0 saturated heterocycles. The molecule has 1 amide bonds. The van der Waals surface area contributed by atoms with Gasteiger partial charge < -0.3 is 14.8 Å². The van der Waals surface area contributed by atoms with Gasteiger partial charge in [-0.2, -0.15) is 9.40 Å². The summed E-state index contributed by atoms with van der Waals surface area (Å²) in [5.41, 5.74) is 1.40. The van der Waals surface area contributed by atoms with Crippen molar-refractivity contribution in [1.82, 2.24) is 19.4 Å². The van der Waals surface area contributed by atoms with Gasteiger partial charge in [0.05, 0.1) is 16.5 Å².